The molecular weight excluding hydrogens is 340 g/mol. The molecule has 2 aromatic rings. The van der Waals surface area contributed by atoms with Crippen molar-refractivity contribution in [2.24, 2.45) is 11.8 Å². The summed E-state index contributed by atoms with van der Waals surface area (Å²) in [5, 5.41) is 0. The molecule has 0 amide bonds. The molecule has 2 atom stereocenters. The van der Waals surface area contributed by atoms with E-state index < -0.39 is 11.6 Å². The molecule has 6 heteroatoms. The standard InChI is InChI=1S/C19H21F2NO2.CH2O/c1-2-13-7-8-23-11-15(13)12-24-17-5-3-14(4-6-17)19-18(21)9-16(20)10-22-19;1-2/h3-6,9-10,13,15H,2,7-8,11-12H2,1H3;1H2/t13?,15-;/m1./s1. The van der Waals surface area contributed by atoms with Crippen molar-refractivity contribution in [3.05, 3.63) is 48.2 Å². The highest BCUT2D eigenvalue weighted by Crippen LogP contribution is 2.27. The molecule has 0 radical (unpaired) electrons. The zero-order valence-electron chi connectivity index (χ0n) is 14.8. The molecule has 1 saturated heterocycles. The van der Waals surface area contributed by atoms with Crippen LogP contribution in [0.25, 0.3) is 11.3 Å². The largest absolute Gasteiger partial charge is 0.493 e. The molecule has 1 aromatic heterocycles. The third-order valence-electron chi connectivity index (χ3n) is 4.56. The molecule has 1 aromatic carbocycles. The van der Waals surface area contributed by atoms with Crippen molar-refractivity contribution in [3.8, 4) is 17.0 Å². The number of carbonyl (C=O) groups excluding carboxylic acids is 1. The Hall–Kier alpha value is -2.34. The van der Waals surface area contributed by atoms with E-state index in [9.17, 15) is 8.78 Å². The van der Waals surface area contributed by atoms with Crippen LogP contribution >= 0.6 is 0 Å². The van der Waals surface area contributed by atoms with Crippen molar-refractivity contribution < 1.29 is 23.0 Å². The first kappa shape index (κ1) is 20.0. The Morgan fingerprint density at radius 1 is 1.23 bits per heavy atom. The van der Waals surface area contributed by atoms with Gasteiger partial charge < -0.3 is 14.3 Å². The molecule has 2 heterocycles. The number of rotatable bonds is 5. The summed E-state index contributed by atoms with van der Waals surface area (Å²) >= 11 is 0. The number of hydrogen-bond acceptors (Lipinski definition) is 4. The van der Waals surface area contributed by atoms with Gasteiger partial charge in [-0.3, -0.25) is 4.98 Å². The molecule has 1 aliphatic heterocycles. The Balaban J connectivity index is 0.00000117. The van der Waals surface area contributed by atoms with Gasteiger partial charge in [0.25, 0.3) is 0 Å². The van der Waals surface area contributed by atoms with E-state index in [1.54, 1.807) is 24.3 Å². The fourth-order valence-electron chi connectivity index (χ4n) is 3.10. The summed E-state index contributed by atoms with van der Waals surface area (Å²) in [5.74, 6) is 0.405. The normalized spacial score (nSPS) is 19.3. The second-order valence-electron chi connectivity index (χ2n) is 6.11. The van der Waals surface area contributed by atoms with Gasteiger partial charge in [-0.2, -0.15) is 0 Å². The van der Waals surface area contributed by atoms with Gasteiger partial charge in [-0.25, -0.2) is 8.78 Å². The van der Waals surface area contributed by atoms with Gasteiger partial charge in [-0.05, 0) is 36.6 Å². The Bertz CT molecular complexity index is 694. The highest BCUT2D eigenvalue weighted by Gasteiger charge is 2.24. The number of pyridine rings is 1. The Morgan fingerprint density at radius 2 is 1.96 bits per heavy atom. The van der Waals surface area contributed by atoms with Gasteiger partial charge in [-0.15, -0.1) is 0 Å². The second kappa shape index (κ2) is 9.97. The second-order valence-corrected chi connectivity index (χ2v) is 6.11. The van der Waals surface area contributed by atoms with Crippen LogP contribution in [0.15, 0.2) is 36.5 Å². The lowest BCUT2D eigenvalue weighted by Crippen LogP contribution is -2.31. The number of carbonyl (C=O) groups is 1. The molecular formula is C20H23F2NO3. The summed E-state index contributed by atoms with van der Waals surface area (Å²) in [4.78, 5) is 11.8. The number of aromatic nitrogens is 1. The zero-order valence-corrected chi connectivity index (χ0v) is 14.8. The lowest BCUT2D eigenvalue weighted by Gasteiger charge is -2.30. The molecule has 0 saturated carbocycles. The maximum Gasteiger partial charge on any atom is 0.152 e. The van der Waals surface area contributed by atoms with Crippen LogP contribution in [0.4, 0.5) is 8.78 Å². The number of benzene rings is 1. The van der Waals surface area contributed by atoms with Crippen LogP contribution in [-0.4, -0.2) is 31.6 Å². The van der Waals surface area contributed by atoms with Crippen LogP contribution in [-0.2, 0) is 9.53 Å². The van der Waals surface area contributed by atoms with E-state index in [2.05, 4.69) is 11.9 Å². The van der Waals surface area contributed by atoms with Crippen LogP contribution in [0.2, 0.25) is 0 Å². The third-order valence-corrected chi connectivity index (χ3v) is 4.56. The predicted molar refractivity (Wildman–Crippen MR) is 94.9 cm³/mol. The Labute approximate surface area is 152 Å². The minimum absolute atomic E-state index is 0.134. The van der Waals surface area contributed by atoms with E-state index in [4.69, 9.17) is 14.3 Å². The average molecular weight is 363 g/mol. The molecule has 0 aliphatic carbocycles. The Kier molecular flexibility index (Phi) is 7.66. The van der Waals surface area contributed by atoms with Gasteiger partial charge in [0, 0.05) is 24.2 Å². The summed E-state index contributed by atoms with van der Waals surface area (Å²) < 4.78 is 38.1. The summed E-state index contributed by atoms with van der Waals surface area (Å²) in [7, 11) is 0. The molecule has 3 rings (SSSR count). The number of hydrogen-bond donors (Lipinski definition) is 0. The molecule has 0 bridgehead atoms. The van der Waals surface area contributed by atoms with E-state index in [0.29, 0.717) is 24.0 Å². The smallest absolute Gasteiger partial charge is 0.152 e. The summed E-state index contributed by atoms with van der Waals surface area (Å²) in [6.07, 6.45) is 3.22. The van der Waals surface area contributed by atoms with Crippen LogP contribution in [0.1, 0.15) is 19.8 Å². The van der Waals surface area contributed by atoms with Gasteiger partial charge >= 0.3 is 0 Å². The fourth-order valence-corrected chi connectivity index (χ4v) is 3.10. The highest BCUT2D eigenvalue weighted by atomic mass is 19.1. The zero-order chi connectivity index (χ0) is 18.9. The minimum Gasteiger partial charge on any atom is -0.493 e. The van der Waals surface area contributed by atoms with Crippen molar-refractivity contribution in [3.63, 3.8) is 0 Å². The van der Waals surface area contributed by atoms with Gasteiger partial charge in [0.1, 0.15) is 24.0 Å². The van der Waals surface area contributed by atoms with E-state index >= 15 is 0 Å². The summed E-state index contributed by atoms with van der Waals surface area (Å²) in [5.41, 5.74) is 0.724. The van der Waals surface area contributed by atoms with Crippen molar-refractivity contribution in [1.29, 1.82) is 0 Å². The van der Waals surface area contributed by atoms with Crippen molar-refractivity contribution in [2.75, 3.05) is 19.8 Å². The van der Waals surface area contributed by atoms with Gasteiger partial charge in [0.2, 0.25) is 0 Å². The number of halogens is 2. The van der Waals surface area contributed by atoms with E-state index in [1.165, 1.54) is 0 Å². The van der Waals surface area contributed by atoms with E-state index in [-0.39, 0.29) is 5.69 Å². The first-order valence-electron chi connectivity index (χ1n) is 8.58. The van der Waals surface area contributed by atoms with Gasteiger partial charge in [0.05, 0.1) is 19.4 Å². The molecule has 0 spiro atoms. The SMILES string of the molecule is C=O.CCC1CCOC[C@@H]1COc1ccc(-c2ncc(F)cc2F)cc1. The number of nitrogens with zero attached hydrogens (tertiary/aromatic N) is 1. The quantitative estimate of drug-likeness (QED) is 0.795. The monoisotopic (exact) mass is 363 g/mol. The fraction of sp³-hybridized carbons (Fsp3) is 0.400. The van der Waals surface area contributed by atoms with Crippen molar-refractivity contribution in [2.45, 2.75) is 19.8 Å². The topological polar surface area (TPSA) is 48.4 Å². The first-order valence-corrected chi connectivity index (χ1v) is 8.58. The lowest BCUT2D eigenvalue weighted by atomic mass is 9.87. The molecule has 4 nitrogen and oxygen atoms in total. The van der Waals surface area contributed by atoms with Crippen LogP contribution < -0.4 is 4.74 Å². The van der Waals surface area contributed by atoms with Crippen molar-refractivity contribution >= 4 is 6.79 Å². The molecule has 1 aliphatic rings. The van der Waals surface area contributed by atoms with Crippen LogP contribution in [0.3, 0.4) is 0 Å². The molecule has 140 valence electrons. The molecule has 26 heavy (non-hydrogen) atoms. The van der Waals surface area contributed by atoms with E-state index in [1.807, 2.05) is 6.79 Å². The number of ether oxygens (including phenoxy) is 2. The maximum atomic E-state index is 13.8. The molecule has 0 N–H and O–H groups in total. The Morgan fingerprint density at radius 3 is 2.62 bits per heavy atom. The molecule has 1 unspecified atom stereocenters. The predicted octanol–water partition coefficient (Wildman–Crippen LogP) is 4.28. The first-order chi connectivity index (χ1) is 12.7. The van der Waals surface area contributed by atoms with Crippen LogP contribution in [0, 0.1) is 23.5 Å². The highest BCUT2D eigenvalue weighted by molar-refractivity contribution is 5.60. The van der Waals surface area contributed by atoms with Gasteiger partial charge in [0.15, 0.2) is 5.82 Å². The van der Waals surface area contributed by atoms with Gasteiger partial charge in [-0.1, -0.05) is 13.3 Å². The average Bonchev–Trinajstić information content (AvgIpc) is 2.69. The van der Waals surface area contributed by atoms with E-state index in [0.717, 1.165) is 44.1 Å². The maximum absolute atomic E-state index is 13.8. The summed E-state index contributed by atoms with van der Waals surface area (Å²) in [6.45, 7) is 6.38. The third kappa shape index (κ3) is 5.08. The minimum atomic E-state index is -0.684. The summed E-state index contributed by atoms with van der Waals surface area (Å²) in [6, 6.07) is 7.86. The lowest BCUT2D eigenvalue weighted by molar-refractivity contribution is -0.0979. The van der Waals surface area contributed by atoms with Crippen LogP contribution in [0.5, 0.6) is 5.75 Å². The van der Waals surface area contributed by atoms with Crippen molar-refractivity contribution in [1.82, 2.24) is 4.98 Å². The molecule has 1 fully saturated rings.